The first kappa shape index (κ1) is 7.54. The Labute approximate surface area is 52.0 Å². The molecule has 0 N–H and O–H groups in total. The lowest BCUT2D eigenvalue weighted by atomic mass is 10.3. The predicted molar refractivity (Wildman–Crippen MR) is 37.7 cm³/mol. The van der Waals surface area contributed by atoms with E-state index in [9.17, 15) is 0 Å². The fourth-order valence-electron chi connectivity index (χ4n) is 0.452. The molecule has 0 aromatic carbocycles. The minimum absolute atomic E-state index is 1.19. The van der Waals surface area contributed by atoms with E-state index in [2.05, 4.69) is 24.1 Å². The van der Waals surface area contributed by atoms with E-state index in [4.69, 9.17) is 0 Å². The monoisotopic (exact) mass is 113 g/mol. The molecule has 0 bridgehead atoms. The smallest absolute Gasteiger partial charge is 0.00555 e. The summed E-state index contributed by atoms with van der Waals surface area (Å²) in [6.07, 6.45) is 6.70. The van der Waals surface area contributed by atoms with Crippen LogP contribution in [0.15, 0.2) is 12.3 Å². The first-order valence-corrected chi connectivity index (χ1v) is 3.10. The molecule has 0 heterocycles. The maximum absolute atomic E-state index is 2.18. The van der Waals surface area contributed by atoms with Crippen LogP contribution >= 0.6 is 0 Å². The molecule has 0 unspecified atom stereocenters. The lowest BCUT2D eigenvalue weighted by Crippen LogP contribution is -1.99. The molecule has 0 saturated heterocycles. The van der Waals surface area contributed by atoms with Crippen LogP contribution in [0.5, 0.6) is 0 Å². The molecule has 1 nitrogen and oxygen atoms in total. The highest BCUT2D eigenvalue weighted by Crippen LogP contribution is 1.88. The molecular weight excluding hydrogens is 98.1 g/mol. The van der Waals surface area contributed by atoms with Gasteiger partial charge < -0.3 is 4.90 Å². The molecule has 0 spiro atoms. The minimum Gasteiger partial charge on any atom is -0.384 e. The summed E-state index contributed by atoms with van der Waals surface area (Å²) < 4.78 is 0. The van der Waals surface area contributed by atoms with Crippen LogP contribution in [0, 0.1) is 0 Å². The van der Waals surface area contributed by atoms with Gasteiger partial charge in [-0.2, -0.15) is 0 Å². The van der Waals surface area contributed by atoms with Crippen molar-refractivity contribution >= 4 is 0 Å². The fourth-order valence-corrected chi connectivity index (χ4v) is 0.452. The molecular formula is C7H15N. The van der Waals surface area contributed by atoms with Gasteiger partial charge in [-0.3, -0.25) is 0 Å². The van der Waals surface area contributed by atoms with E-state index in [0.717, 1.165) is 0 Å². The highest BCUT2D eigenvalue weighted by Gasteiger charge is 1.73. The first-order valence-electron chi connectivity index (χ1n) is 3.10. The predicted octanol–water partition coefficient (Wildman–Crippen LogP) is 1.86. The van der Waals surface area contributed by atoms with E-state index in [-0.39, 0.29) is 0 Å². The van der Waals surface area contributed by atoms with Crippen molar-refractivity contribution in [3.8, 4) is 0 Å². The standard InChI is InChI=1S/C7H15N/c1-4-5-6-7-8(2)3/h6-7H,4-5H2,1-3H3/b7-6-. The van der Waals surface area contributed by atoms with Crippen molar-refractivity contribution in [1.29, 1.82) is 0 Å². The van der Waals surface area contributed by atoms with Crippen LogP contribution in [0.4, 0.5) is 0 Å². The van der Waals surface area contributed by atoms with Gasteiger partial charge in [0.05, 0.1) is 0 Å². The number of nitrogens with zero attached hydrogens (tertiary/aromatic N) is 1. The van der Waals surface area contributed by atoms with Crippen LogP contribution in [0.25, 0.3) is 0 Å². The normalized spacial score (nSPS) is 10.4. The van der Waals surface area contributed by atoms with Crippen molar-refractivity contribution in [2.45, 2.75) is 19.8 Å². The number of unbranched alkanes of at least 4 members (excludes halogenated alkanes) is 1. The van der Waals surface area contributed by atoms with E-state index in [0.29, 0.717) is 0 Å². The molecule has 0 atom stereocenters. The molecule has 0 fully saturated rings. The summed E-state index contributed by atoms with van der Waals surface area (Å²) in [5.74, 6) is 0. The molecule has 8 heavy (non-hydrogen) atoms. The summed E-state index contributed by atoms with van der Waals surface area (Å²) in [6, 6.07) is 0. The summed E-state index contributed by atoms with van der Waals surface area (Å²) in [7, 11) is 4.07. The van der Waals surface area contributed by atoms with Crippen molar-refractivity contribution in [3.63, 3.8) is 0 Å². The summed E-state index contributed by atoms with van der Waals surface area (Å²) in [6.45, 7) is 2.18. The molecule has 0 aliphatic heterocycles. The molecule has 0 radical (unpaired) electrons. The van der Waals surface area contributed by atoms with Crippen molar-refractivity contribution < 1.29 is 0 Å². The zero-order valence-corrected chi connectivity index (χ0v) is 6.02. The van der Waals surface area contributed by atoms with Gasteiger partial charge in [0.15, 0.2) is 0 Å². The summed E-state index contributed by atoms with van der Waals surface area (Å²) in [5.41, 5.74) is 0. The molecule has 48 valence electrons. The molecule has 0 aromatic rings. The number of allylic oxidation sites excluding steroid dienone is 1. The number of hydrogen-bond donors (Lipinski definition) is 0. The highest BCUT2D eigenvalue weighted by atomic mass is 15.0. The first-order chi connectivity index (χ1) is 3.77. The van der Waals surface area contributed by atoms with Crippen LogP contribution in [-0.2, 0) is 0 Å². The largest absolute Gasteiger partial charge is 0.384 e. The van der Waals surface area contributed by atoms with E-state index in [1.54, 1.807) is 0 Å². The van der Waals surface area contributed by atoms with Crippen LogP contribution < -0.4 is 0 Å². The van der Waals surface area contributed by atoms with Crippen molar-refractivity contribution in [2.24, 2.45) is 0 Å². The summed E-state index contributed by atoms with van der Waals surface area (Å²) >= 11 is 0. The van der Waals surface area contributed by atoms with E-state index >= 15 is 0 Å². The Hall–Kier alpha value is -0.460. The summed E-state index contributed by atoms with van der Waals surface area (Å²) in [5, 5.41) is 0. The van der Waals surface area contributed by atoms with Crippen molar-refractivity contribution in [3.05, 3.63) is 12.3 Å². The lowest BCUT2D eigenvalue weighted by Gasteiger charge is -2.01. The van der Waals surface area contributed by atoms with E-state index in [1.165, 1.54) is 12.8 Å². The molecule has 0 aliphatic carbocycles. The van der Waals surface area contributed by atoms with Crippen LogP contribution in [-0.4, -0.2) is 19.0 Å². The Balaban J connectivity index is 3.07. The third kappa shape index (κ3) is 5.54. The highest BCUT2D eigenvalue weighted by molar-refractivity contribution is 4.77. The number of rotatable bonds is 3. The van der Waals surface area contributed by atoms with Gasteiger partial charge in [-0.25, -0.2) is 0 Å². The van der Waals surface area contributed by atoms with E-state index in [1.807, 2.05) is 14.1 Å². The zero-order chi connectivity index (χ0) is 6.41. The van der Waals surface area contributed by atoms with Crippen LogP contribution in [0.1, 0.15) is 19.8 Å². The van der Waals surface area contributed by atoms with Gasteiger partial charge in [0.2, 0.25) is 0 Å². The second-order valence-electron chi connectivity index (χ2n) is 2.14. The van der Waals surface area contributed by atoms with Gasteiger partial charge in [-0.1, -0.05) is 19.4 Å². The second-order valence-corrected chi connectivity index (χ2v) is 2.14. The van der Waals surface area contributed by atoms with Gasteiger partial charge in [-0.15, -0.1) is 0 Å². The fraction of sp³-hybridized carbons (Fsp3) is 0.714. The summed E-state index contributed by atoms with van der Waals surface area (Å²) in [4.78, 5) is 2.05. The Kier molecular flexibility index (Phi) is 4.42. The second kappa shape index (κ2) is 4.69. The van der Waals surface area contributed by atoms with Crippen molar-refractivity contribution in [2.75, 3.05) is 14.1 Å². The van der Waals surface area contributed by atoms with Gasteiger partial charge in [0, 0.05) is 14.1 Å². The Morgan fingerprint density at radius 1 is 1.38 bits per heavy atom. The maximum atomic E-state index is 2.18. The molecule has 0 saturated carbocycles. The minimum atomic E-state index is 1.19. The van der Waals surface area contributed by atoms with Crippen LogP contribution in [0.2, 0.25) is 0 Å². The zero-order valence-electron chi connectivity index (χ0n) is 6.02. The Morgan fingerprint density at radius 2 is 2.00 bits per heavy atom. The SMILES string of the molecule is CCC/C=C\N(C)C. The molecule has 1 heteroatoms. The molecule has 0 rings (SSSR count). The van der Waals surface area contributed by atoms with Gasteiger partial charge in [0.25, 0.3) is 0 Å². The average molecular weight is 113 g/mol. The topological polar surface area (TPSA) is 3.24 Å². The van der Waals surface area contributed by atoms with Gasteiger partial charge in [0.1, 0.15) is 0 Å². The maximum Gasteiger partial charge on any atom is 0.00555 e. The van der Waals surface area contributed by atoms with Crippen LogP contribution in [0.3, 0.4) is 0 Å². The van der Waals surface area contributed by atoms with Gasteiger partial charge in [-0.05, 0) is 12.6 Å². The lowest BCUT2D eigenvalue weighted by molar-refractivity contribution is 0.560. The Bertz CT molecular complexity index is 64.8. The number of hydrogen-bond acceptors (Lipinski definition) is 1. The van der Waals surface area contributed by atoms with Crippen molar-refractivity contribution in [1.82, 2.24) is 4.90 Å². The van der Waals surface area contributed by atoms with Gasteiger partial charge >= 0.3 is 0 Å². The third-order valence-corrected chi connectivity index (χ3v) is 0.859. The molecule has 0 aliphatic rings. The molecule has 0 amide bonds. The third-order valence-electron chi connectivity index (χ3n) is 0.859. The quantitative estimate of drug-likeness (QED) is 0.540. The molecule has 0 aromatic heterocycles. The van der Waals surface area contributed by atoms with E-state index < -0.39 is 0 Å². The Morgan fingerprint density at radius 3 is 2.38 bits per heavy atom. The average Bonchev–Trinajstić information content (AvgIpc) is 1.66.